The number of nitrogens with two attached hydrogens (primary N) is 1. The van der Waals surface area contributed by atoms with Crippen LogP contribution in [0.5, 0.6) is 0 Å². The van der Waals surface area contributed by atoms with E-state index in [0.717, 1.165) is 87.0 Å². The molecule has 0 aromatic heterocycles. The third-order valence-electron chi connectivity index (χ3n) is 6.16. The summed E-state index contributed by atoms with van der Waals surface area (Å²) in [4.78, 5) is 14.9. The van der Waals surface area contributed by atoms with Crippen LogP contribution in [0.2, 0.25) is 0 Å². The zero-order valence-electron chi connectivity index (χ0n) is 22.5. The maximum absolute atomic E-state index is 12.8. The van der Waals surface area contributed by atoms with Gasteiger partial charge in [0.05, 0.1) is 10.7 Å². The summed E-state index contributed by atoms with van der Waals surface area (Å²) in [6.45, 7) is 15.7. The first kappa shape index (κ1) is 36.2. The van der Waals surface area contributed by atoms with E-state index in [9.17, 15) is 9.18 Å². The number of anilines is 1. The summed E-state index contributed by atoms with van der Waals surface area (Å²) in [5, 5.41) is 3.27. The van der Waals surface area contributed by atoms with Crippen molar-refractivity contribution in [3.05, 3.63) is 41.9 Å². The summed E-state index contributed by atoms with van der Waals surface area (Å²) in [7, 11) is 0. The van der Waals surface area contributed by atoms with Gasteiger partial charge in [-0.3, -0.25) is 4.79 Å². The molecule has 1 aliphatic rings. The lowest BCUT2D eigenvalue weighted by Gasteiger charge is -2.28. The number of hydrogen-bond donors (Lipinski definition) is 2. The van der Waals surface area contributed by atoms with Gasteiger partial charge in [-0.25, -0.2) is 4.39 Å². The molecule has 1 heterocycles. The molecular formula is C29H54FN3O2S. The van der Waals surface area contributed by atoms with Crippen LogP contribution in [0.25, 0.3) is 0 Å². The molecule has 0 aliphatic carbocycles. The molecule has 210 valence electrons. The average Bonchev–Trinajstić information content (AvgIpc) is 3.18. The summed E-state index contributed by atoms with van der Waals surface area (Å²) in [5.41, 5.74) is 7.56. The minimum atomic E-state index is -0.309. The zero-order valence-corrected chi connectivity index (χ0v) is 23.3. The lowest BCUT2D eigenvalue weighted by molar-refractivity contribution is -0.129. The van der Waals surface area contributed by atoms with E-state index in [1.807, 2.05) is 6.07 Å². The molecule has 1 aliphatic heterocycles. The third kappa shape index (κ3) is 13.4. The van der Waals surface area contributed by atoms with Gasteiger partial charge in [0.15, 0.2) is 0 Å². The lowest BCUT2D eigenvalue weighted by atomic mass is 9.93. The lowest BCUT2D eigenvalue weighted by Crippen LogP contribution is -2.36. The fourth-order valence-corrected chi connectivity index (χ4v) is 4.21. The van der Waals surface area contributed by atoms with Gasteiger partial charge < -0.3 is 21.4 Å². The number of halogens is 1. The van der Waals surface area contributed by atoms with Crippen LogP contribution >= 0.6 is 12.2 Å². The fourth-order valence-electron chi connectivity index (χ4n) is 3.94. The number of nitrogens with zero attached hydrogens (tertiary/aromatic N) is 1. The largest absolute Gasteiger partial charge is 0.412 e. The van der Waals surface area contributed by atoms with E-state index in [1.165, 1.54) is 6.07 Å². The van der Waals surface area contributed by atoms with E-state index >= 15 is 0 Å². The van der Waals surface area contributed by atoms with E-state index in [0.29, 0.717) is 11.9 Å². The number of hydrogen-bond acceptors (Lipinski definition) is 3. The first-order valence-electron chi connectivity index (χ1n) is 12.8. The minimum Gasteiger partial charge on any atom is -0.412 e. The van der Waals surface area contributed by atoms with Gasteiger partial charge in [0.25, 0.3) is 0 Å². The molecule has 1 saturated heterocycles. The second-order valence-electron chi connectivity index (χ2n) is 10.3. The first-order chi connectivity index (χ1) is 16.0. The number of carbonyl (C=O) groups is 1. The molecule has 7 heteroatoms. The zero-order chi connectivity index (χ0) is 25.7. The highest BCUT2D eigenvalue weighted by Crippen LogP contribution is 2.23. The normalized spacial score (nSPS) is 13.6. The number of amides is 1. The monoisotopic (exact) mass is 527 g/mol. The van der Waals surface area contributed by atoms with Crippen LogP contribution in [-0.2, 0) is 11.2 Å². The topological polar surface area (TPSA) is 89.9 Å². The van der Waals surface area contributed by atoms with Gasteiger partial charge in [-0.15, -0.1) is 0 Å². The van der Waals surface area contributed by atoms with Crippen molar-refractivity contribution in [2.75, 3.05) is 12.3 Å². The quantitative estimate of drug-likeness (QED) is 0.180. The van der Waals surface area contributed by atoms with Gasteiger partial charge in [0.1, 0.15) is 5.82 Å². The van der Waals surface area contributed by atoms with Crippen LogP contribution in [0, 0.1) is 11.2 Å². The molecule has 0 spiro atoms. The number of rotatable bonds is 11. The maximum Gasteiger partial charge on any atom is 0.222 e. The van der Waals surface area contributed by atoms with Crippen molar-refractivity contribution < 1.29 is 16.1 Å². The Kier molecular flexibility index (Phi) is 18.4. The Morgan fingerprint density at radius 3 is 2.42 bits per heavy atom. The third-order valence-corrected chi connectivity index (χ3v) is 6.47. The van der Waals surface area contributed by atoms with Crippen molar-refractivity contribution in [1.29, 1.82) is 0 Å². The van der Waals surface area contributed by atoms with Gasteiger partial charge in [-0.2, -0.15) is 0 Å². The number of carbonyl (C=O) groups excluding carboxylic acids is 1. The van der Waals surface area contributed by atoms with Gasteiger partial charge in [-0.1, -0.05) is 86.2 Å². The second kappa shape index (κ2) is 18.3. The molecule has 1 aromatic carbocycles. The van der Waals surface area contributed by atoms with E-state index in [4.69, 9.17) is 18.0 Å². The smallest absolute Gasteiger partial charge is 0.222 e. The van der Waals surface area contributed by atoms with Crippen molar-refractivity contribution in [3.63, 3.8) is 0 Å². The van der Waals surface area contributed by atoms with Gasteiger partial charge in [-0.05, 0) is 56.2 Å². The molecule has 5 N–H and O–H groups in total. The van der Waals surface area contributed by atoms with Gasteiger partial charge in [0.2, 0.25) is 5.91 Å². The molecule has 1 aromatic rings. The van der Waals surface area contributed by atoms with Crippen LogP contribution in [0.15, 0.2) is 30.5 Å². The van der Waals surface area contributed by atoms with Crippen molar-refractivity contribution in [2.45, 2.75) is 112 Å². The van der Waals surface area contributed by atoms with Crippen LogP contribution in [0.1, 0.15) is 107 Å². The molecule has 1 unspecified atom stereocenters. The average molecular weight is 528 g/mol. The molecule has 1 amide bonds. The number of nitrogen functional groups attached to an aromatic ring is 1. The van der Waals surface area contributed by atoms with Crippen LogP contribution in [0.4, 0.5) is 10.1 Å². The molecule has 0 bridgehead atoms. The van der Waals surface area contributed by atoms with Crippen molar-refractivity contribution in [1.82, 2.24) is 10.2 Å². The number of allylic oxidation sites excluding steroid dienone is 1. The first-order valence-corrected chi connectivity index (χ1v) is 13.2. The van der Waals surface area contributed by atoms with Crippen LogP contribution in [0.3, 0.4) is 0 Å². The Labute approximate surface area is 226 Å². The molecule has 0 radical (unpaired) electrons. The predicted molar refractivity (Wildman–Crippen MR) is 160 cm³/mol. The van der Waals surface area contributed by atoms with Gasteiger partial charge >= 0.3 is 0 Å². The summed E-state index contributed by atoms with van der Waals surface area (Å²) in [5.74, 6) is 0.0399. The maximum atomic E-state index is 12.8. The standard InChI is InChI=1S/C19H34N2OS.C9H12FN.CH4.H2O.H2/c1-6-10-16(21-14-9-13-18(21)22)11-7-8-12-17(23)20-15(2)19(3,4)5;1-2-3-7-4-5-9(11)8(10)6-7;;;/h16H,2,6-14H2,1,3-5H3,(H,20,23);4-6H,2-3,11H2,1H3;1H4;1H2;1H. The van der Waals surface area contributed by atoms with Gasteiger partial charge in [0, 0.05) is 31.5 Å². The van der Waals surface area contributed by atoms with E-state index < -0.39 is 0 Å². The highest BCUT2D eigenvalue weighted by atomic mass is 32.1. The molecule has 36 heavy (non-hydrogen) atoms. The Bertz CT molecular complexity index is 815. The molecule has 0 saturated carbocycles. The molecule has 2 rings (SSSR count). The number of aryl methyl sites for hydroxylation is 1. The highest BCUT2D eigenvalue weighted by molar-refractivity contribution is 7.80. The van der Waals surface area contributed by atoms with E-state index in [-0.39, 0.29) is 31.2 Å². The fraction of sp³-hybridized carbons (Fsp3) is 0.655. The summed E-state index contributed by atoms with van der Waals surface area (Å²) in [6.07, 6.45) is 10.2. The van der Waals surface area contributed by atoms with Crippen molar-refractivity contribution in [2.24, 2.45) is 5.41 Å². The summed E-state index contributed by atoms with van der Waals surface area (Å²) >= 11 is 5.42. The molecule has 1 atom stereocenters. The van der Waals surface area contributed by atoms with Crippen LogP contribution < -0.4 is 11.1 Å². The Morgan fingerprint density at radius 2 is 1.92 bits per heavy atom. The number of nitrogens with one attached hydrogen (secondary N) is 1. The molecule has 5 nitrogen and oxygen atoms in total. The number of likely N-dealkylation sites (tertiary alicyclic amines) is 1. The Hall–Kier alpha value is -1.99. The Morgan fingerprint density at radius 1 is 1.25 bits per heavy atom. The number of benzene rings is 1. The van der Waals surface area contributed by atoms with Crippen molar-refractivity contribution >= 4 is 28.8 Å². The molecule has 1 fully saturated rings. The van der Waals surface area contributed by atoms with Crippen LogP contribution in [-0.4, -0.2) is 33.9 Å². The Balaban J connectivity index is -0.000000702. The van der Waals surface area contributed by atoms with E-state index in [1.54, 1.807) is 6.07 Å². The SMILES string of the molecule is C.C=C(NC(=S)CCCCC(CCC)N1CCCC1=O)C(C)(C)C.CCCc1ccc(N)c(F)c1.O.[HH]. The van der Waals surface area contributed by atoms with Crippen molar-refractivity contribution in [3.8, 4) is 0 Å². The predicted octanol–water partition coefficient (Wildman–Crippen LogP) is 7.23. The second-order valence-corrected chi connectivity index (χ2v) is 10.8. The number of unbranched alkanes of at least 4 members (excludes halogenated alkanes) is 1. The summed E-state index contributed by atoms with van der Waals surface area (Å²) in [6, 6.07) is 5.40. The number of thiocarbonyl (C=S) groups is 1. The molecular weight excluding hydrogens is 473 g/mol. The minimum absolute atomic E-state index is 0. The summed E-state index contributed by atoms with van der Waals surface area (Å²) < 4.78 is 12.8. The highest BCUT2D eigenvalue weighted by Gasteiger charge is 2.26. The van der Waals surface area contributed by atoms with E-state index in [2.05, 4.69) is 51.4 Å².